The lowest BCUT2D eigenvalue weighted by Gasteiger charge is -2.13. The zero-order valence-corrected chi connectivity index (χ0v) is 11.1. The second-order valence-corrected chi connectivity index (χ2v) is 4.43. The molecule has 1 rings (SSSR count). The van der Waals surface area contributed by atoms with Gasteiger partial charge in [-0.1, -0.05) is 36.5 Å². The first kappa shape index (κ1) is 14.7. The summed E-state index contributed by atoms with van der Waals surface area (Å²) in [4.78, 5) is 26.4. The summed E-state index contributed by atoms with van der Waals surface area (Å²) >= 11 is 11.3. The number of nitrogens with zero attached hydrogens (tertiary/aromatic N) is 1. The summed E-state index contributed by atoms with van der Waals surface area (Å²) in [6, 6.07) is 1.73. The average molecular weight is 291 g/mol. The molecule has 0 aliphatic rings. The summed E-state index contributed by atoms with van der Waals surface area (Å²) in [5, 5.41) is 11.5. The van der Waals surface area contributed by atoms with Crippen LogP contribution in [0.25, 0.3) is 0 Å². The lowest BCUT2D eigenvalue weighted by atomic mass is 10.1. The van der Waals surface area contributed by atoms with Crippen molar-refractivity contribution in [1.29, 1.82) is 0 Å². The average Bonchev–Trinajstić information content (AvgIpc) is 2.26. The van der Waals surface area contributed by atoms with Gasteiger partial charge in [0.1, 0.15) is 16.3 Å². The van der Waals surface area contributed by atoms with E-state index in [-0.39, 0.29) is 15.9 Å². The summed E-state index contributed by atoms with van der Waals surface area (Å²) in [5.41, 5.74) is 0.183. The smallest absolute Gasteiger partial charge is 0.326 e. The Morgan fingerprint density at radius 2 is 1.94 bits per heavy atom. The molecule has 1 aromatic rings. The van der Waals surface area contributed by atoms with Crippen LogP contribution in [-0.2, 0) is 4.79 Å². The Balaban J connectivity index is 2.83. The highest BCUT2D eigenvalue weighted by atomic mass is 35.5. The summed E-state index contributed by atoms with van der Waals surface area (Å²) in [5.74, 6) is -1.61. The number of amides is 1. The van der Waals surface area contributed by atoms with Gasteiger partial charge in [0.25, 0.3) is 5.91 Å². The fourth-order valence-electron chi connectivity index (χ4n) is 1.38. The lowest BCUT2D eigenvalue weighted by molar-refractivity contribution is -0.139. The number of carboxylic acids is 1. The lowest BCUT2D eigenvalue weighted by Crippen LogP contribution is -2.40. The summed E-state index contributed by atoms with van der Waals surface area (Å²) < 4.78 is 0. The van der Waals surface area contributed by atoms with Crippen molar-refractivity contribution in [3.63, 3.8) is 0 Å². The minimum atomic E-state index is -1.07. The Labute approximate surface area is 114 Å². The molecule has 1 atom stereocenters. The number of pyridine rings is 1. The molecule has 5 nitrogen and oxygen atoms in total. The van der Waals surface area contributed by atoms with Crippen LogP contribution in [0.5, 0.6) is 0 Å². The first-order chi connectivity index (χ1) is 8.43. The molecule has 0 saturated heterocycles. The zero-order valence-electron chi connectivity index (χ0n) is 9.61. The Kier molecular flexibility index (Phi) is 5.37. The zero-order chi connectivity index (χ0) is 13.7. The van der Waals surface area contributed by atoms with Crippen LogP contribution in [0.15, 0.2) is 12.1 Å². The van der Waals surface area contributed by atoms with E-state index >= 15 is 0 Å². The van der Waals surface area contributed by atoms with E-state index in [4.69, 9.17) is 28.3 Å². The Morgan fingerprint density at radius 1 is 1.39 bits per heavy atom. The molecule has 0 fully saturated rings. The van der Waals surface area contributed by atoms with Crippen molar-refractivity contribution >= 4 is 35.1 Å². The van der Waals surface area contributed by atoms with Crippen LogP contribution in [0, 0.1) is 0 Å². The predicted molar refractivity (Wildman–Crippen MR) is 68.1 cm³/mol. The van der Waals surface area contributed by atoms with Crippen molar-refractivity contribution in [1.82, 2.24) is 10.3 Å². The second kappa shape index (κ2) is 6.56. The third kappa shape index (κ3) is 4.16. The van der Waals surface area contributed by atoms with E-state index in [1.807, 2.05) is 6.92 Å². The molecular formula is C11H12Cl2N2O3. The van der Waals surface area contributed by atoms with Gasteiger partial charge in [0.15, 0.2) is 0 Å². The van der Waals surface area contributed by atoms with Crippen molar-refractivity contribution in [3.8, 4) is 0 Å². The van der Waals surface area contributed by atoms with Crippen LogP contribution >= 0.6 is 23.2 Å². The van der Waals surface area contributed by atoms with Crippen molar-refractivity contribution in [2.45, 2.75) is 25.8 Å². The Bertz CT molecular complexity index is 445. The second-order valence-electron chi connectivity index (χ2n) is 3.65. The molecule has 2 N–H and O–H groups in total. The SMILES string of the molecule is CCCC(NC(=O)c1cc(Cl)nc(Cl)c1)C(=O)O. The van der Waals surface area contributed by atoms with Gasteiger partial charge in [-0.15, -0.1) is 0 Å². The monoisotopic (exact) mass is 290 g/mol. The van der Waals surface area contributed by atoms with Gasteiger partial charge in [-0.05, 0) is 18.6 Å². The molecule has 0 aliphatic carbocycles. The van der Waals surface area contributed by atoms with Crippen molar-refractivity contribution < 1.29 is 14.7 Å². The molecule has 1 heterocycles. The third-order valence-corrected chi connectivity index (χ3v) is 2.59. The quantitative estimate of drug-likeness (QED) is 0.816. The van der Waals surface area contributed by atoms with E-state index in [1.54, 1.807) is 0 Å². The van der Waals surface area contributed by atoms with Crippen LogP contribution in [0.1, 0.15) is 30.1 Å². The maximum atomic E-state index is 11.8. The van der Waals surface area contributed by atoms with Crippen LogP contribution < -0.4 is 5.32 Å². The van der Waals surface area contributed by atoms with Gasteiger partial charge in [0.05, 0.1) is 0 Å². The molecular weight excluding hydrogens is 279 g/mol. The topological polar surface area (TPSA) is 79.3 Å². The highest BCUT2D eigenvalue weighted by molar-refractivity contribution is 6.33. The van der Waals surface area contributed by atoms with E-state index in [1.165, 1.54) is 12.1 Å². The van der Waals surface area contributed by atoms with Crippen LogP contribution in [0.3, 0.4) is 0 Å². The maximum absolute atomic E-state index is 11.8. The van der Waals surface area contributed by atoms with Gasteiger partial charge in [-0.2, -0.15) is 0 Å². The number of hydrogen-bond acceptors (Lipinski definition) is 3. The first-order valence-electron chi connectivity index (χ1n) is 5.30. The van der Waals surface area contributed by atoms with Gasteiger partial charge in [0.2, 0.25) is 0 Å². The molecule has 0 spiro atoms. The van der Waals surface area contributed by atoms with Crippen LogP contribution in [0.4, 0.5) is 0 Å². The van der Waals surface area contributed by atoms with Crippen molar-refractivity contribution in [2.75, 3.05) is 0 Å². The van der Waals surface area contributed by atoms with Crippen LogP contribution in [-0.4, -0.2) is 28.0 Å². The Morgan fingerprint density at radius 3 is 2.39 bits per heavy atom. The number of carbonyl (C=O) groups excluding carboxylic acids is 1. The molecule has 0 bridgehead atoms. The number of aliphatic carboxylic acids is 1. The largest absolute Gasteiger partial charge is 0.480 e. The minimum absolute atomic E-state index is 0.0787. The number of carbonyl (C=O) groups is 2. The van der Waals surface area contributed by atoms with Gasteiger partial charge < -0.3 is 10.4 Å². The third-order valence-electron chi connectivity index (χ3n) is 2.21. The van der Waals surface area contributed by atoms with Gasteiger partial charge >= 0.3 is 5.97 Å². The number of halogens is 2. The highest BCUT2D eigenvalue weighted by Gasteiger charge is 2.20. The van der Waals surface area contributed by atoms with E-state index < -0.39 is 17.9 Å². The van der Waals surface area contributed by atoms with E-state index in [2.05, 4.69) is 10.3 Å². The predicted octanol–water partition coefficient (Wildman–Crippen LogP) is 2.37. The van der Waals surface area contributed by atoms with E-state index in [0.29, 0.717) is 12.8 Å². The normalized spacial score (nSPS) is 11.9. The van der Waals surface area contributed by atoms with Gasteiger partial charge in [-0.3, -0.25) is 4.79 Å². The number of nitrogens with one attached hydrogen (secondary N) is 1. The fourth-order valence-corrected chi connectivity index (χ4v) is 1.84. The van der Waals surface area contributed by atoms with Gasteiger partial charge in [-0.25, -0.2) is 9.78 Å². The molecule has 98 valence electrons. The number of aromatic nitrogens is 1. The summed E-state index contributed by atoms with van der Waals surface area (Å²) in [7, 11) is 0. The molecule has 7 heteroatoms. The highest BCUT2D eigenvalue weighted by Crippen LogP contribution is 2.14. The minimum Gasteiger partial charge on any atom is -0.480 e. The van der Waals surface area contributed by atoms with E-state index in [9.17, 15) is 9.59 Å². The number of hydrogen-bond donors (Lipinski definition) is 2. The first-order valence-corrected chi connectivity index (χ1v) is 6.06. The molecule has 0 aliphatic heterocycles. The Hall–Kier alpha value is -1.33. The van der Waals surface area contributed by atoms with Crippen molar-refractivity contribution in [2.24, 2.45) is 0 Å². The molecule has 0 radical (unpaired) electrons. The molecule has 18 heavy (non-hydrogen) atoms. The molecule has 1 aromatic heterocycles. The van der Waals surface area contributed by atoms with Gasteiger partial charge in [0, 0.05) is 5.56 Å². The number of carboxylic acid groups (broad SMARTS) is 1. The van der Waals surface area contributed by atoms with Crippen LogP contribution in [0.2, 0.25) is 10.3 Å². The summed E-state index contributed by atoms with van der Waals surface area (Å²) in [6.07, 6.45) is 1.00. The fraction of sp³-hybridized carbons (Fsp3) is 0.364. The summed E-state index contributed by atoms with van der Waals surface area (Å²) in [6.45, 7) is 1.84. The van der Waals surface area contributed by atoms with E-state index in [0.717, 1.165) is 0 Å². The standard InChI is InChI=1S/C11H12Cl2N2O3/c1-2-3-7(11(17)18)14-10(16)6-4-8(12)15-9(13)5-6/h4-5,7H,2-3H2,1H3,(H,14,16)(H,17,18). The molecule has 0 aromatic carbocycles. The molecule has 0 saturated carbocycles. The molecule has 1 amide bonds. The number of rotatable bonds is 5. The molecule has 1 unspecified atom stereocenters. The van der Waals surface area contributed by atoms with Crippen molar-refractivity contribution in [3.05, 3.63) is 28.0 Å². The maximum Gasteiger partial charge on any atom is 0.326 e.